The van der Waals surface area contributed by atoms with E-state index in [-0.39, 0.29) is 42.9 Å². The Morgan fingerprint density at radius 2 is 1.85 bits per heavy atom. The summed E-state index contributed by atoms with van der Waals surface area (Å²) in [7, 11) is 1.70. The van der Waals surface area contributed by atoms with E-state index >= 15 is 0 Å². The molecule has 0 saturated heterocycles. The number of hydrogen-bond acceptors (Lipinski definition) is 5. The highest BCUT2D eigenvalue weighted by Gasteiger charge is 2.17. The highest BCUT2D eigenvalue weighted by atomic mass is 35.5. The first-order valence-electron chi connectivity index (χ1n) is 10.3. The Bertz CT molecular complexity index is 1150. The third-order valence-corrected chi connectivity index (χ3v) is 5.31. The number of furan rings is 1. The molecule has 3 rings (SSSR count). The summed E-state index contributed by atoms with van der Waals surface area (Å²) in [6, 6.07) is 8.88. The van der Waals surface area contributed by atoms with Crippen LogP contribution in [0.15, 0.2) is 40.9 Å². The molecule has 1 aromatic carbocycles. The number of carbonyl (C=O) groups excluding carboxylic acids is 2. The van der Waals surface area contributed by atoms with Crippen LogP contribution in [0.1, 0.15) is 27.5 Å². The van der Waals surface area contributed by atoms with Crippen molar-refractivity contribution in [3.05, 3.63) is 48.0 Å². The van der Waals surface area contributed by atoms with E-state index < -0.39 is 5.91 Å². The van der Waals surface area contributed by atoms with Gasteiger partial charge < -0.3 is 30.3 Å². The number of rotatable bonds is 11. The molecular formula is C22H27Cl3N6O3. The number of aromatic nitrogens is 1. The van der Waals surface area contributed by atoms with Crippen molar-refractivity contribution in [1.82, 2.24) is 9.88 Å². The smallest absolute Gasteiger partial charge is 0.291 e. The molecule has 9 nitrogen and oxygen atoms in total. The second-order valence-electron chi connectivity index (χ2n) is 7.41. The van der Waals surface area contributed by atoms with Crippen LogP contribution < -0.4 is 21.3 Å². The fourth-order valence-corrected chi connectivity index (χ4v) is 3.77. The summed E-state index contributed by atoms with van der Waals surface area (Å²) >= 11 is 11.8. The predicted octanol–water partition coefficient (Wildman–Crippen LogP) is 3.79. The van der Waals surface area contributed by atoms with Gasteiger partial charge in [-0.2, -0.15) is 0 Å². The van der Waals surface area contributed by atoms with Crippen molar-refractivity contribution in [2.24, 2.45) is 12.8 Å². The van der Waals surface area contributed by atoms with Gasteiger partial charge in [-0.05, 0) is 30.3 Å². The third-order valence-electron chi connectivity index (χ3n) is 4.97. The van der Waals surface area contributed by atoms with Crippen molar-refractivity contribution in [2.75, 3.05) is 41.6 Å². The van der Waals surface area contributed by atoms with E-state index in [4.69, 9.17) is 38.8 Å². The molecule has 184 valence electrons. The van der Waals surface area contributed by atoms with Gasteiger partial charge in [-0.15, -0.1) is 35.6 Å². The summed E-state index contributed by atoms with van der Waals surface area (Å²) < 4.78 is 7.32. The molecule has 2 aromatic heterocycles. The largest absolute Gasteiger partial charge is 0.451 e. The molecule has 0 saturated carbocycles. The van der Waals surface area contributed by atoms with E-state index in [1.165, 1.54) is 0 Å². The molecule has 0 bridgehead atoms. The molecule has 0 atom stereocenters. The van der Waals surface area contributed by atoms with Gasteiger partial charge in [0, 0.05) is 62.1 Å². The van der Waals surface area contributed by atoms with Crippen LogP contribution in [-0.4, -0.2) is 53.6 Å². The molecule has 12 heteroatoms. The monoisotopic (exact) mass is 528 g/mol. The van der Waals surface area contributed by atoms with Crippen molar-refractivity contribution in [3.63, 3.8) is 0 Å². The molecule has 0 unspecified atom stereocenters. The molecule has 0 aliphatic heterocycles. The number of fused-ring (bicyclic) bond motifs is 1. The quantitative estimate of drug-likeness (QED) is 0.171. The van der Waals surface area contributed by atoms with Gasteiger partial charge in [-0.1, -0.05) is 0 Å². The summed E-state index contributed by atoms with van der Waals surface area (Å²) in [4.78, 5) is 27.1. The fraction of sp³-hybridized carbons (Fsp3) is 0.318. The maximum atomic E-state index is 12.7. The SMILES string of the molecule is Cl.Cn1cc(NC(=O)c2cc3cc(N(CCCl)CCCl)ccc3o2)cc1C(=O)NCCC(=N)N. The number of alkyl halides is 2. The second kappa shape index (κ2) is 12.5. The Hall–Kier alpha value is -2.88. The highest BCUT2D eigenvalue weighted by Crippen LogP contribution is 2.26. The number of carbonyl (C=O) groups is 2. The zero-order chi connectivity index (χ0) is 24.0. The van der Waals surface area contributed by atoms with Crippen LogP contribution in [0.25, 0.3) is 11.0 Å². The Labute approximate surface area is 213 Å². The molecule has 0 radical (unpaired) electrons. The molecule has 2 heterocycles. The summed E-state index contributed by atoms with van der Waals surface area (Å²) in [6.07, 6.45) is 1.90. The Morgan fingerprint density at radius 3 is 2.50 bits per heavy atom. The number of aryl methyl sites for hydroxylation is 1. The number of nitrogens with one attached hydrogen (secondary N) is 3. The molecule has 0 aliphatic carbocycles. The number of amidine groups is 1. The minimum absolute atomic E-state index is 0. The molecule has 0 spiro atoms. The van der Waals surface area contributed by atoms with Crippen LogP contribution in [0.3, 0.4) is 0 Å². The Kier molecular flexibility index (Phi) is 10.1. The third kappa shape index (κ3) is 6.82. The van der Waals surface area contributed by atoms with Gasteiger partial charge in [0.25, 0.3) is 11.8 Å². The first-order valence-corrected chi connectivity index (χ1v) is 11.4. The zero-order valence-corrected chi connectivity index (χ0v) is 20.9. The number of halogens is 3. The lowest BCUT2D eigenvalue weighted by Crippen LogP contribution is -2.28. The lowest BCUT2D eigenvalue weighted by atomic mass is 10.2. The molecule has 0 fully saturated rings. The lowest BCUT2D eigenvalue weighted by molar-refractivity contribution is 0.0945. The molecule has 2 amide bonds. The molecule has 3 aromatic rings. The van der Waals surface area contributed by atoms with Gasteiger partial charge in [-0.25, -0.2) is 0 Å². The number of nitrogens with two attached hydrogens (primary N) is 1. The lowest BCUT2D eigenvalue weighted by Gasteiger charge is -2.22. The van der Waals surface area contributed by atoms with Crippen molar-refractivity contribution in [1.29, 1.82) is 5.41 Å². The van der Waals surface area contributed by atoms with Crippen molar-refractivity contribution in [2.45, 2.75) is 6.42 Å². The summed E-state index contributed by atoms with van der Waals surface area (Å²) in [6.45, 7) is 1.57. The van der Waals surface area contributed by atoms with Gasteiger partial charge >= 0.3 is 0 Å². The minimum Gasteiger partial charge on any atom is -0.451 e. The van der Waals surface area contributed by atoms with Crippen LogP contribution in [0.2, 0.25) is 0 Å². The van der Waals surface area contributed by atoms with Gasteiger partial charge in [0.05, 0.1) is 11.5 Å². The van der Waals surface area contributed by atoms with E-state index in [0.717, 1.165) is 11.1 Å². The standard InChI is InChI=1S/C22H26Cl2N6O3.ClH/c1-29-13-15(12-17(29)21(31)27-7-4-20(25)26)28-22(32)19-11-14-10-16(2-3-18(14)33-19)30(8-5-23)9-6-24;/h2-3,10-13H,4-9H2,1H3,(H3,25,26)(H,27,31)(H,28,32);1H. The van der Waals surface area contributed by atoms with E-state index in [1.807, 2.05) is 18.2 Å². The van der Waals surface area contributed by atoms with Crippen LogP contribution in [0.4, 0.5) is 11.4 Å². The molecule has 34 heavy (non-hydrogen) atoms. The first kappa shape index (κ1) is 27.4. The van der Waals surface area contributed by atoms with Crippen LogP contribution in [-0.2, 0) is 7.05 Å². The summed E-state index contributed by atoms with van der Waals surface area (Å²) in [5.41, 5.74) is 7.64. The predicted molar refractivity (Wildman–Crippen MR) is 139 cm³/mol. The Morgan fingerprint density at radius 1 is 1.15 bits per heavy atom. The molecule has 0 aliphatic rings. The highest BCUT2D eigenvalue weighted by molar-refractivity contribution is 6.18. The fourth-order valence-electron chi connectivity index (χ4n) is 3.37. The van der Waals surface area contributed by atoms with Gasteiger partial charge in [0.1, 0.15) is 11.3 Å². The average Bonchev–Trinajstić information content (AvgIpc) is 3.36. The van der Waals surface area contributed by atoms with Crippen LogP contribution in [0.5, 0.6) is 0 Å². The van der Waals surface area contributed by atoms with Gasteiger partial charge in [0.2, 0.25) is 0 Å². The maximum absolute atomic E-state index is 12.7. The topological polar surface area (TPSA) is 129 Å². The van der Waals surface area contributed by atoms with Crippen molar-refractivity contribution >= 4 is 75.6 Å². The van der Waals surface area contributed by atoms with Crippen molar-refractivity contribution in [3.8, 4) is 0 Å². The minimum atomic E-state index is -0.430. The summed E-state index contributed by atoms with van der Waals surface area (Å²) in [5.74, 6) is 0.344. The van der Waals surface area contributed by atoms with Gasteiger partial charge in [-0.3, -0.25) is 15.0 Å². The van der Waals surface area contributed by atoms with Crippen LogP contribution >= 0.6 is 35.6 Å². The number of anilines is 2. The van der Waals surface area contributed by atoms with E-state index in [0.29, 0.717) is 41.8 Å². The summed E-state index contributed by atoms with van der Waals surface area (Å²) in [5, 5.41) is 13.4. The van der Waals surface area contributed by atoms with Gasteiger partial charge in [0.15, 0.2) is 5.76 Å². The average molecular weight is 530 g/mol. The first-order chi connectivity index (χ1) is 15.8. The van der Waals surface area contributed by atoms with E-state index in [9.17, 15) is 9.59 Å². The number of amides is 2. The molecular weight excluding hydrogens is 503 g/mol. The van der Waals surface area contributed by atoms with E-state index in [1.54, 1.807) is 29.9 Å². The number of benzene rings is 1. The number of hydrogen-bond donors (Lipinski definition) is 4. The van der Waals surface area contributed by atoms with E-state index in [2.05, 4.69) is 15.5 Å². The normalized spacial score (nSPS) is 10.6. The van der Waals surface area contributed by atoms with Crippen LogP contribution in [0, 0.1) is 5.41 Å². The molecule has 5 N–H and O–H groups in total. The zero-order valence-electron chi connectivity index (χ0n) is 18.6. The van der Waals surface area contributed by atoms with Crippen molar-refractivity contribution < 1.29 is 14.0 Å². The maximum Gasteiger partial charge on any atom is 0.291 e. The number of nitrogens with zero attached hydrogens (tertiary/aromatic N) is 2. The Balaban J connectivity index is 0.00000408. The second-order valence-corrected chi connectivity index (χ2v) is 8.16.